The van der Waals surface area contributed by atoms with Crippen molar-refractivity contribution in [1.29, 1.82) is 0 Å². The summed E-state index contributed by atoms with van der Waals surface area (Å²) in [5, 5.41) is 11.4. The monoisotopic (exact) mass is 316 g/mol. The first-order valence-electron chi connectivity index (χ1n) is 6.60. The van der Waals surface area contributed by atoms with E-state index < -0.39 is 0 Å². The van der Waals surface area contributed by atoms with E-state index in [0.717, 1.165) is 11.4 Å². The fraction of sp³-hybridized carbons (Fsp3) is 0.133. The van der Waals surface area contributed by atoms with Crippen molar-refractivity contribution in [2.75, 3.05) is 5.32 Å². The van der Waals surface area contributed by atoms with Gasteiger partial charge in [0.25, 0.3) is 5.91 Å². The van der Waals surface area contributed by atoms with Crippen LogP contribution in [0.5, 0.6) is 0 Å². The van der Waals surface area contributed by atoms with Crippen molar-refractivity contribution >= 4 is 23.3 Å². The molecule has 7 heteroatoms. The van der Waals surface area contributed by atoms with Gasteiger partial charge in [-0.15, -0.1) is 0 Å². The van der Waals surface area contributed by atoms with Crippen LogP contribution < -0.4 is 5.32 Å². The molecule has 6 nitrogen and oxygen atoms in total. The first-order valence-corrected chi connectivity index (χ1v) is 6.98. The molecule has 2 aromatic heterocycles. The minimum Gasteiger partial charge on any atom is -0.361 e. The van der Waals surface area contributed by atoms with Crippen LogP contribution in [0.4, 0.5) is 5.82 Å². The zero-order valence-electron chi connectivity index (χ0n) is 12.0. The van der Waals surface area contributed by atoms with Crippen LogP contribution in [-0.2, 0) is 0 Å². The van der Waals surface area contributed by atoms with Gasteiger partial charge in [0.2, 0.25) is 0 Å². The van der Waals surface area contributed by atoms with Gasteiger partial charge in [0.15, 0.2) is 5.69 Å². The molecule has 0 fully saturated rings. The van der Waals surface area contributed by atoms with Crippen molar-refractivity contribution in [1.82, 2.24) is 14.9 Å². The van der Waals surface area contributed by atoms with Crippen molar-refractivity contribution < 1.29 is 9.32 Å². The molecule has 2 heterocycles. The van der Waals surface area contributed by atoms with E-state index in [9.17, 15) is 4.79 Å². The number of nitrogens with zero attached hydrogens (tertiary/aromatic N) is 3. The zero-order valence-corrected chi connectivity index (χ0v) is 12.8. The minimum atomic E-state index is -0.361. The number of carbonyl (C=O) groups is 1. The van der Waals surface area contributed by atoms with Crippen LogP contribution in [0.25, 0.3) is 5.69 Å². The van der Waals surface area contributed by atoms with Crippen molar-refractivity contribution in [2.45, 2.75) is 13.8 Å². The molecule has 0 saturated carbocycles. The molecule has 1 N–H and O–H groups in total. The Morgan fingerprint density at radius 1 is 1.27 bits per heavy atom. The number of carbonyl (C=O) groups excluding carboxylic acids is 1. The molecule has 0 atom stereocenters. The van der Waals surface area contributed by atoms with Gasteiger partial charge >= 0.3 is 0 Å². The van der Waals surface area contributed by atoms with Crippen LogP contribution >= 0.6 is 11.6 Å². The zero-order chi connectivity index (χ0) is 15.7. The molecule has 0 aliphatic rings. The number of rotatable bonds is 3. The molecule has 112 valence electrons. The van der Waals surface area contributed by atoms with Crippen molar-refractivity contribution in [3.8, 4) is 5.69 Å². The summed E-state index contributed by atoms with van der Waals surface area (Å²) in [6.07, 6.45) is 0. The standard InChI is InChI=1S/C15H13ClN4O2/c1-9-6-14(17-15(21)13-7-10(2)22-19-13)20(18-9)12-5-3-4-11(16)8-12/h3-8H,1-2H3,(H,17,21). The van der Waals surface area contributed by atoms with Gasteiger partial charge in [-0.1, -0.05) is 22.8 Å². The number of aryl methyl sites for hydroxylation is 2. The molecule has 0 spiro atoms. The Kier molecular flexibility index (Phi) is 3.68. The van der Waals surface area contributed by atoms with Gasteiger partial charge in [0.05, 0.1) is 11.4 Å². The molecule has 0 aliphatic heterocycles. The van der Waals surface area contributed by atoms with Gasteiger partial charge in [0.1, 0.15) is 11.6 Å². The summed E-state index contributed by atoms with van der Waals surface area (Å²) in [4.78, 5) is 12.2. The average molecular weight is 317 g/mol. The molecular weight excluding hydrogens is 304 g/mol. The van der Waals surface area contributed by atoms with E-state index in [2.05, 4.69) is 15.6 Å². The summed E-state index contributed by atoms with van der Waals surface area (Å²) in [5.41, 5.74) is 1.74. The number of hydrogen-bond donors (Lipinski definition) is 1. The van der Waals surface area contributed by atoms with Gasteiger partial charge in [-0.05, 0) is 32.0 Å². The lowest BCUT2D eigenvalue weighted by atomic mass is 10.3. The molecule has 0 unspecified atom stereocenters. The van der Waals surface area contributed by atoms with E-state index in [1.807, 2.05) is 19.1 Å². The Bertz CT molecular complexity index is 838. The highest BCUT2D eigenvalue weighted by Gasteiger charge is 2.15. The van der Waals surface area contributed by atoms with Crippen molar-refractivity contribution in [3.05, 3.63) is 58.6 Å². The predicted octanol–water partition coefficient (Wildman–Crippen LogP) is 3.38. The Morgan fingerprint density at radius 3 is 2.77 bits per heavy atom. The summed E-state index contributed by atoms with van der Waals surface area (Å²) in [6, 6.07) is 10.6. The van der Waals surface area contributed by atoms with E-state index in [1.54, 1.807) is 35.9 Å². The van der Waals surface area contributed by atoms with Crippen LogP contribution in [0.2, 0.25) is 5.02 Å². The molecular formula is C15H13ClN4O2. The molecule has 1 amide bonds. The first kappa shape index (κ1) is 14.3. The molecule has 0 radical (unpaired) electrons. The predicted molar refractivity (Wildman–Crippen MR) is 82.5 cm³/mol. The smallest absolute Gasteiger partial charge is 0.279 e. The molecule has 22 heavy (non-hydrogen) atoms. The number of amides is 1. The Labute approximate surface area is 131 Å². The van der Waals surface area contributed by atoms with Gasteiger partial charge < -0.3 is 9.84 Å². The van der Waals surface area contributed by atoms with Crippen LogP contribution in [0, 0.1) is 13.8 Å². The second-order valence-electron chi connectivity index (χ2n) is 4.84. The third kappa shape index (κ3) is 2.87. The van der Waals surface area contributed by atoms with E-state index in [0.29, 0.717) is 16.6 Å². The van der Waals surface area contributed by atoms with Crippen molar-refractivity contribution in [2.24, 2.45) is 0 Å². The van der Waals surface area contributed by atoms with Gasteiger partial charge in [0, 0.05) is 17.2 Å². The summed E-state index contributed by atoms with van der Waals surface area (Å²) in [6.45, 7) is 3.57. The second-order valence-corrected chi connectivity index (χ2v) is 5.28. The minimum absolute atomic E-state index is 0.217. The third-order valence-corrected chi connectivity index (χ3v) is 3.22. The summed E-state index contributed by atoms with van der Waals surface area (Å²) < 4.78 is 6.53. The molecule has 3 aromatic rings. The molecule has 0 aliphatic carbocycles. The highest BCUT2D eigenvalue weighted by atomic mass is 35.5. The molecule has 3 rings (SSSR count). The maximum absolute atomic E-state index is 12.2. The largest absolute Gasteiger partial charge is 0.361 e. The average Bonchev–Trinajstić information content (AvgIpc) is 3.05. The Balaban J connectivity index is 1.93. The number of aromatic nitrogens is 3. The summed E-state index contributed by atoms with van der Waals surface area (Å²) in [7, 11) is 0. The van der Waals surface area contributed by atoms with E-state index in [-0.39, 0.29) is 11.6 Å². The normalized spacial score (nSPS) is 10.7. The van der Waals surface area contributed by atoms with Gasteiger partial charge in [-0.2, -0.15) is 5.10 Å². The topological polar surface area (TPSA) is 73.0 Å². The third-order valence-electron chi connectivity index (χ3n) is 2.99. The van der Waals surface area contributed by atoms with Gasteiger partial charge in [-0.25, -0.2) is 4.68 Å². The lowest BCUT2D eigenvalue weighted by molar-refractivity contribution is 0.101. The second kappa shape index (κ2) is 5.65. The number of hydrogen-bond acceptors (Lipinski definition) is 4. The molecule has 1 aromatic carbocycles. The first-order chi connectivity index (χ1) is 10.5. The quantitative estimate of drug-likeness (QED) is 0.804. The van der Waals surface area contributed by atoms with E-state index in [4.69, 9.17) is 16.1 Å². The SMILES string of the molecule is Cc1cc(NC(=O)c2cc(C)on2)n(-c2cccc(Cl)c2)n1. The van der Waals surface area contributed by atoms with Crippen LogP contribution in [0.1, 0.15) is 21.9 Å². The van der Waals surface area contributed by atoms with E-state index >= 15 is 0 Å². The number of anilines is 1. The Hall–Kier alpha value is -2.60. The summed E-state index contributed by atoms with van der Waals surface area (Å²) in [5.74, 6) is 0.745. The van der Waals surface area contributed by atoms with Crippen LogP contribution in [0.15, 0.2) is 40.9 Å². The summed E-state index contributed by atoms with van der Waals surface area (Å²) >= 11 is 6.01. The fourth-order valence-corrected chi connectivity index (χ4v) is 2.23. The lowest BCUT2D eigenvalue weighted by Gasteiger charge is -2.08. The molecule has 0 saturated heterocycles. The maximum atomic E-state index is 12.2. The van der Waals surface area contributed by atoms with Gasteiger partial charge in [-0.3, -0.25) is 4.79 Å². The van der Waals surface area contributed by atoms with Crippen LogP contribution in [0.3, 0.4) is 0 Å². The number of halogens is 1. The van der Waals surface area contributed by atoms with Crippen LogP contribution in [-0.4, -0.2) is 20.8 Å². The maximum Gasteiger partial charge on any atom is 0.279 e. The lowest BCUT2D eigenvalue weighted by Crippen LogP contribution is -2.15. The molecule has 0 bridgehead atoms. The highest BCUT2D eigenvalue weighted by Crippen LogP contribution is 2.20. The van der Waals surface area contributed by atoms with Crippen molar-refractivity contribution in [3.63, 3.8) is 0 Å². The number of nitrogens with one attached hydrogen (secondary N) is 1. The number of benzene rings is 1. The fourth-order valence-electron chi connectivity index (χ4n) is 2.05. The Morgan fingerprint density at radius 2 is 2.09 bits per heavy atom. The highest BCUT2D eigenvalue weighted by molar-refractivity contribution is 6.30. The van der Waals surface area contributed by atoms with E-state index in [1.165, 1.54) is 0 Å².